The molecule has 12 heavy (non-hydrogen) atoms. The van der Waals surface area contributed by atoms with Crippen molar-refractivity contribution in [3.63, 3.8) is 0 Å². The number of nitrogens with one attached hydrogen (secondary N) is 1. The van der Waals surface area contributed by atoms with Crippen LogP contribution in [0.3, 0.4) is 0 Å². The Bertz CT molecular complexity index is 203. The van der Waals surface area contributed by atoms with Crippen LogP contribution in [0, 0.1) is 0 Å². The monoisotopic (exact) mass is 170 g/mol. The maximum Gasteiger partial charge on any atom is 0.242 e. The maximum atomic E-state index is 11.2. The topological polar surface area (TPSA) is 49.4 Å². The van der Waals surface area contributed by atoms with Crippen LogP contribution < -0.4 is 5.32 Å². The average Bonchev–Trinajstić information content (AvgIpc) is 2.03. The predicted octanol–water partition coefficient (Wildman–Crippen LogP) is -0.257. The van der Waals surface area contributed by atoms with Gasteiger partial charge in [-0.1, -0.05) is 6.92 Å². The second kappa shape index (κ2) is 3.56. The van der Waals surface area contributed by atoms with Crippen molar-refractivity contribution in [1.29, 1.82) is 0 Å². The number of nitrogens with zero attached hydrogens (tertiary/aromatic N) is 1. The molecule has 0 aliphatic carbocycles. The Balaban J connectivity index is 2.70. The van der Waals surface area contributed by atoms with E-state index in [-0.39, 0.29) is 17.9 Å². The van der Waals surface area contributed by atoms with E-state index in [0.717, 1.165) is 0 Å². The molecule has 0 bridgehead atoms. The summed E-state index contributed by atoms with van der Waals surface area (Å²) in [7, 11) is 0. The summed E-state index contributed by atoms with van der Waals surface area (Å²) >= 11 is 0. The first-order valence-corrected chi connectivity index (χ1v) is 4.21. The van der Waals surface area contributed by atoms with Crippen molar-refractivity contribution in [2.24, 2.45) is 0 Å². The van der Waals surface area contributed by atoms with E-state index in [1.165, 1.54) is 6.92 Å². The van der Waals surface area contributed by atoms with Crippen molar-refractivity contribution in [2.45, 2.75) is 26.3 Å². The van der Waals surface area contributed by atoms with Crippen LogP contribution in [-0.2, 0) is 9.59 Å². The van der Waals surface area contributed by atoms with Gasteiger partial charge in [0.25, 0.3) is 0 Å². The van der Waals surface area contributed by atoms with Crippen molar-refractivity contribution in [1.82, 2.24) is 10.2 Å². The first kappa shape index (κ1) is 9.03. The largest absolute Gasteiger partial charge is 0.353 e. The van der Waals surface area contributed by atoms with E-state index in [0.29, 0.717) is 19.5 Å². The number of hydrogen-bond acceptors (Lipinski definition) is 2. The number of carbonyl (C=O) groups excluding carboxylic acids is 2. The second-order valence-corrected chi connectivity index (χ2v) is 2.93. The molecule has 1 saturated heterocycles. The standard InChI is InChI=1S/C8H14N2O2/c1-3-7-8(12)9-4-5-10(7)6(2)11/h7H,3-5H2,1-2H3,(H,9,12). The van der Waals surface area contributed by atoms with E-state index >= 15 is 0 Å². The molecule has 0 aromatic heterocycles. The van der Waals surface area contributed by atoms with E-state index in [1.54, 1.807) is 4.90 Å². The third-order valence-electron chi connectivity index (χ3n) is 2.12. The minimum absolute atomic E-state index is 0.0169. The molecule has 68 valence electrons. The highest BCUT2D eigenvalue weighted by atomic mass is 16.2. The number of rotatable bonds is 1. The van der Waals surface area contributed by atoms with Crippen LogP contribution in [0.15, 0.2) is 0 Å². The van der Waals surface area contributed by atoms with Crippen LogP contribution in [0.1, 0.15) is 20.3 Å². The first-order chi connectivity index (χ1) is 5.66. The van der Waals surface area contributed by atoms with Gasteiger partial charge in [0.1, 0.15) is 6.04 Å². The Morgan fingerprint density at radius 1 is 1.75 bits per heavy atom. The number of hydrogen-bond donors (Lipinski definition) is 1. The highest BCUT2D eigenvalue weighted by Gasteiger charge is 2.29. The number of amides is 2. The van der Waals surface area contributed by atoms with Crippen molar-refractivity contribution in [2.75, 3.05) is 13.1 Å². The normalized spacial score (nSPS) is 23.7. The van der Waals surface area contributed by atoms with E-state index < -0.39 is 0 Å². The Hall–Kier alpha value is -1.06. The smallest absolute Gasteiger partial charge is 0.242 e. The van der Waals surface area contributed by atoms with Gasteiger partial charge in [-0.3, -0.25) is 9.59 Å². The van der Waals surface area contributed by atoms with Gasteiger partial charge in [0.2, 0.25) is 11.8 Å². The van der Waals surface area contributed by atoms with Crippen LogP contribution in [0.25, 0.3) is 0 Å². The highest BCUT2D eigenvalue weighted by molar-refractivity contribution is 5.87. The molecule has 1 atom stereocenters. The van der Waals surface area contributed by atoms with Gasteiger partial charge < -0.3 is 10.2 Å². The zero-order valence-electron chi connectivity index (χ0n) is 7.46. The molecule has 2 amide bonds. The molecule has 1 unspecified atom stereocenters. The van der Waals surface area contributed by atoms with Gasteiger partial charge in [-0.2, -0.15) is 0 Å². The van der Waals surface area contributed by atoms with Gasteiger partial charge in [0.05, 0.1) is 0 Å². The fraction of sp³-hybridized carbons (Fsp3) is 0.750. The van der Waals surface area contributed by atoms with Gasteiger partial charge in [-0.25, -0.2) is 0 Å². The third-order valence-corrected chi connectivity index (χ3v) is 2.12. The highest BCUT2D eigenvalue weighted by Crippen LogP contribution is 2.07. The van der Waals surface area contributed by atoms with E-state index in [2.05, 4.69) is 5.32 Å². The van der Waals surface area contributed by atoms with Gasteiger partial charge in [0.15, 0.2) is 0 Å². The third kappa shape index (κ3) is 1.57. The molecule has 1 heterocycles. The summed E-state index contributed by atoms with van der Waals surface area (Å²) in [4.78, 5) is 23.9. The van der Waals surface area contributed by atoms with Crippen LogP contribution in [0.2, 0.25) is 0 Å². The molecular formula is C8H14N2O2. The number of piperazine rings is 1. The molecule has 1 aliphatic rings. The summed E-state index contributed by atoms with van der Waals surface area (Å²) in [6.45, 7) is 4.63. The lowest BCUT2D eigenvalue weighted by atomic mass is 10.1. The van der Waals surface area contributed by atoms with Gasteiger partial charge >= 0.3 is 0 Å². The lowest BCUT2D eigenvalue weighted by Gasteiger charge is -2.33. The van der Waals surface area contributed by atoms with Crippen molar-refractivity contribution in [3.8, 4) is 0 Å². The van der Waals surface area contributed by atoms with Crippen molar-refractivity contribution < 1.29 is 9.59 Å². The summed E-state index contributed by atoms with van der Waals surface area (Å²) in [5.41, 5.74) is 0. The SMILES string of the molecule is CCC1C(=O)NCCN1C(C)=O. The molecule has 4 heteroatoms. The van der Waals surface area contributed by atoms with Crippen molar-refractivity contribution >= 4 is 11.8 Å². The Kier molecular flexibility index (Phi) is 2.68. The lowest BCUT2D eigenvalue weighted by molar-refractivity contribution is -0.141. The number of carbonyl (C=O) groups is 2. The van der Waals surface area contributed by atoms with Crippen molar-refractivity contribution in [3.05, 3.63) is 0 Å². The summed E-state index contributed by atoms with van der Waals surface area (Å²) in [6, 6.07) is -0.253. The zero-order valence-corrected chi connectivity index (χ0v) is 7.46. The fourth-order valence-corrected chi connectivity index (χ4v) is 1.50. The Labute approximate surface area is 71.9 Å². The average molecular weight is 170 g/mol. The van der Waals surface area contributed by atoms with Gasteiger partial charge in [-0.05, 0) is 6.42 Å². The fourth-order valence-electron chi connectivity index (χ4n) is 1.50. The molecule has 1 aliphatic heterocycles. The maximum absolute atomic E-state index is 11.2. The van der Waals surface area contributed by atoms with Gasteiger partial charge in [-0.15, -0.1) is 0 Å². The van der Waals surface area contributed by atoms with E-state index in [1.807, 2.05) is 6.92 Å². The van der Waals surface area contributed by atoms with Crippen LogP contribution in [0.4, 0.5) is 0 Å². The molecule has 1 rings (SSSR count). The molecule has 0 saturated carbocycles. The Morgan fingerprint density at radius 2 is 2.42 bits per heavy atom. The van der Waals surface area contributed by atoms with E-state index in [9.17, 15) is 9.59 Å². The molecular weight excluding hydrogens is 156 g/mol. The van der Waals surface area contributed by atoms with Crippen LogP contribution in [0.5, 0.6) is 0 Å². The molecule has 1 fully saturated rings. The second-order valence-electron chi connectivity index (χ2n) is 2.93. The Morgan fingerprint density at radius 3 is 2.83 bits per heavy atom. The van der Waals surface area contributed by atoms with E-state index in [4.69, 9.17) is 0 Å². The summed E-state index contributed by atoms with van der Waals surface area (Å²) in [5, 5.41) is 2.74. The minimum Gasteiger partial charge on any atom is -0.353 e. The molecule has 4 nitrogen and oxygen atoms in total. The molecule has 0 aromatic carbocycles. The summed E-state index contributed by atoms with van der Waals surface area (Å²) in [6.07, 6.45) is 0.686. The summed E-state index contributed by atoms with van der Waals surface area (Å²) < 4.78 is 0. The lowest BCUT2D eigenvalue weighted by Crippen LogP contribution is -2.56. The molecule has 0 spiro atoms. The molecule has 1 N–H and O–H groups in total. The quantitative estimate of drug-likeness (QED) is 0.589. The minimum atomic E-state index is -0.253. The first-order valence-electron chi connectivity index (χ1n) is 4.21. The summed E-state index contributed by atoms with van der Waals surface area (Å²) in [5.74, 6) is -0.0457. The molecule has 0 aromatic rings. The zero-order chi connectivity index (χ0) is 9.14. The molecule has 0 radical (unpaired) electrons. The van der Waals surface area contributed by atoms with Crippen LogP contribution >= 0.6 is 0 Å². The predicted molar refractivity (Wildman–Crippen MR) is 44.5 cm³/mol. The van der Waals surface area contributed by atoms with Crippen LogP contribution in [-0.4, -0.2) is 35.8 Å². The van der Waals surface area contributed by atoms with Gasteiger partial charge in [0, 0.05) is 20.0 Å².